The van der Waals surface area contributed by atoms with Crippen molar-refractivity contribution < 1.29 is 19.4 Å². The number of rotatable bonds is 7. The molecule has 1 heterocycles. The fourth-order valence-corrected chi connectivity index (χ4v) is 3.09. The second-order valence-electron chi connectivity index (χ2n) is 6.65. The number of aliphatic hydroxyl groups excluding tert-OH is 2. The highest BCUT2D eigenvalue weighted by atomic mass is 35.5. The normalized spacial score (nSPS) is 13.1. The molecule has 2 aromatic carbocycles. The first-order valence-electron chi connectivity index (χ1n) is 9.07. The number of aromatic nitrogens is 1. The zero-order valence-corrected chi connectivity index (χ0v) is 16.4. The van der Waals surface area contributed by atoms with Gasteiger partial charge in [-0.2, -0.15) is 0 Å². The maximum absolute atomic E-state index is 13.8. The van der Waals surface area contributed by atoms with Gasteiger partial charge in [-0.1, -0.05) is 23.7 Å². The van der Waals surface area contributed by atoms with E-state index < -0.39 is 23.9 Å². The zero-order chi connectivity index (χ0) is 21.0. The van der Waals surface area contributed by atoms with Crippen molar-refractivity contribution in [1.82, 2.24) is 10.3 Å². The Bertz CT molecular complexity index is 1030. The van der Waals surface area contributed by atoms with Crippen LogP contribution >= 0.6 is 11.6 Å². The SMILES string of the molecule is CC(O)C(NC(=O)c1ccc2cnc(NCCO)cc2c1)c1ccc(Cl)c(F)c1. The van der Waals surface area contributed by atoms with Gasteiger partial charge in [0.1, 0.15) is 11.6 Å². The topological polar surface area (TPSA) is 94.5 Å². The molecule has 6 nitrogen and oxygen atoms in total. The van der Waals surface area contributed by atoms with Crippen molar-refractivity contribution in [3.8, 4) is 0 Å². The molecule has 2 atom stereocenters. The molecule has 0 fully saturated rings. The van der Waals surface area contributed by atoms with E-state index in [4.69, 9.17) is 16.7 Å². The van der Waals surface area contributed by atoms with Crippen molar-refractivity contribution >= 4 is 34.1 Å². The highest BCUT2D eigenvalue weighted by molar-refractivity contribution is 6.30. The van der Waals surface area contributed by atoms with E-state index in [0.29, 0.717) is 23.5 Å². The standard InChI is InChI=1S/C21H21ClFN3O3/c1-12(28)20(13-4-5-17(22)18(23)9-13)26-21(29)14-2-3-15-11-25-19(24-6-7-27)10-16(15)8-14/h2-5,8-12,20,27-28H,6-7H2,1H3,(H,24,25)(H,26,29). The van der Waals surface area contributed by atoms with Crippen molar-refractivity contribution in [2.75, 3.05) is 18.5 Å². The summed E-state index contributed by atoms with van der Waals surface area (Å²) in [7, 11) is 0. The van der Waals surface area contributed by atoms with Gasteiger partial charge in [0, 0.05) is 23.7 Å². The molecule has 0 spiro atoms. The predicted molar refractivity (Wildman–Crippen MR) is 111 cm³/mol. The highest BCUT2D eigenvalue weighted by Gasteiger charge is 2.22. The Kier molecular flexibility index (Phi) is 6.64. The largest absolute Gasteiger partial charge is 0.395 e. The van der Waals surface area contributed by atoms with Gasteiger partial charge in [0.25, 0.3) is 5.91 Å². The zero-order valence-electron chi connectivity index (χ0n) is 15.7. The Morgan fingerprint density at radius 2 is 2.00 bits per heavy atom. The summed E-state index contributed by atoms with van der Waals surface area (Å²) >= 11 is 5.72. The molecule has 4 N–H and O–H groups in total. The maximum Gasteiger partial charge on any atom is 0.251 e. The molecule has 152 valence electrons. The molecular weight excluding hydrogens is 397 g/mol. The predicted octanol–water partition coefficient (Wildman–Crippen LogP) is 3.28. The summed E-state index contributed by atoms with van der Waals surface area (Å²) in [4.78, 5) is 17.0. The first-order valence-corrected chi connectivity index (χ1v) is 9.45. The fraction of sp³-hybridized carbons (Fsp3) is 0.238. The molecular formula is C21H21ClFN3O3. The number of amides is 1. The summed E-state index contributed by atoms with van der Waals surface area (Å²) in [6, 6.07) is 10.3. The summed E-state index contributed by atoms with van der Waals surface area (Å²) < 4.78 is 13.8. The molecule has 0 saturated carbocycles. The van der Waals surface area contributed by atoms with E-state index in [1.54, 1.807) is 36.5 Å². The van der Waals surface area contributed by atoms with Crippen LogP contribution in [0.25, 0.3) is 10.8 Å². The fourth-order valence-electron chi connectivity index (χ4n) is 2.98. The molecule has 0 aliphatic heterocycles. The summed E-state index contributed by atoms with van der Waals surface area (Å²) in [5, 5.41) is 26.4. The minimum Gasteiger partial charge on any atom is -0.395 e. The highest BCUT2D eigenvalue weighted by Crippen LogP contribution is 2.24. The van der Waals surface area contributed by atoms with E-state index in [1.165, 1.54) is 19.1 Å². The average Bonchev–Trinajstić information content (AvgIpc) is 2.71. The molecule has 0 aliphatic rings. The van der Waals surface area contributed by atoms with Crippen LogP contribution in [0.15, 0.2) is 48.7 Å². The molecule has 3 rings (SSSR count). The van der Waals surface area contributed by atoms with Crippen LogP contribution in [0.4, 0.5) is 10.2 Å². The van der Waals surface area contributed by atoms with Crippen LogP contribution in [0.5, 0.6) is 0 Å². The van der Waals surface area contributed by atoms with Gasteiger partial charge in [-0.25, -0.2) is 9.37 Å². The first-order chi connectivity index (χ1) is 13.9. The van der Waals surface area contributed by atoms with E-state index in [1.807, 2.05) is 0 Å². The second kappa shape index (κ2) is 9.17. The van der Waals surface area contributed by atoms with Gasteiger partial charge in [0.2, 0.25) is 0 Å². The van der Waals surface area contributed by atoms with Crippen molar-refractivity contribution in [1.29, 1.82) is 0 Å². The number of halogens is 2. The number of fused-ring (bicyclic) bond motifs is 1. The van der Waals surface area contributed by atoms with Crippen LogP contribution in [-0.2, 0) is 0 Å². The quantitative estimate of drug-likeness (QED) is 0.473. The van der Waals surface area contributed by atoms with E-state index in [2.05, 4.69) is 15.6 Å². The second-order valence-corrected chi connectivity index (χ2v) is 7.05. The number of aliphatic hydroxyl groups is 2. The lowest BCUT2D eigenvalue weighted by atomic mass is 10.0. The third-order valence-corrected chi connectivity index (χ3v) is 4.78. The smallest absolute Gasteiger partial charge is 0.251 e. The lowest BCUT2D eigenvalue weighted by Gasteiger charge is -2.22. The third kappa shape index (κ3) is 5.00. The van der Waals surface area contributed by atoms with Crippen molar-refractivity contribution in [3.63, 3.8) is 0 Å². The minimum absolute atomic E-state index is 0.0197. The van der Waals surface area contributed by atoms with Crippen LogP contribution in [0, 0.1) is 5.82 Å². The Morgan fingerprint density at radius 3 is 2.69 bits per heavy atom. The number of carbonyl (C=O) groups excluding carboxylic acids is 1. The van der Waals surface area contributed by atoms with Gasteiger partial charge in [-0.15, -0.1) is 0 Å². The molecule has 29 heavy (non-hydrogen) atoms. The monoisotopic (exact) mass is 417 g/mol. The maximum atomic E-state index is 13.8. The molecule has 1 amide bonds. The first kappa shape index (κ1) is 21.0. The van der Waals surface area contributed by atoms with E-state index >= 15 is 0 Å². The number of carbonyl (C=O) groups is 1. The summed E-state index contributed by atoms with van der Waals surface area (Å²) in [5.74, 6) is -0.442. The number of anilines is 1. The van der Waals surface area contributed by atoms with Crippen molar-refractivity contribution in [3.05, 3.63) is 70.6 Å². The van der Waals surface area contributed by atoms with Gasteiger partial charge in [-0.05, 0) is 48.2 Å². The lowest BCUT2D eigenvalue weighted by molar-refractivity contribution is 0.0858. The molecule has 1 aromatic heterocycles. The van der Waals surface area contributed by atoms with Gasteiger partial charge >= 0.3 is 0 Å². The van der Waals surface area contributed by atoms with Crippen molar-refractivity contribution in [2.45, 2.75) is 19.1 Å². The number of nitrogens with one attached hydrogen (secondary N) is 2. The molecule has 0 bridgehead atoms. The lowest BCUT2D eigenvalue weighted by Crippen LogP contribution is -2.35. The van der Waals surface area contributed by atoms with E-state index in [0.717, 1.165) is 10.8 Å². The number of nitrogens with zero attached hydrogens (tertiary/aromatic N) is 1. The Morgan fingerprint density at radius 1 is 1.21 bits per heavy atom. The number of hydrogen-bond acceptors (Lipinski definition) is 5. The Balaban J connectivity index is 1.85. The van der Waals surface area contributed by atoms with Crippen LogP contribution in [0.1, 0.15) is 28.9 Å². The number of hydrogen-bond donors (Lipinski definition) is 4. The Hall–Kier alpha value is -2.74. The number of benzene rings is 2. The molecule has 8 heteroatoms. The molecule has 2 unspecified atom stereocenters. The Labute approximate surface area is 172 Å². The molecule has 0 aliphatic carbocycles. The third-order valence-electron chi connectivity index (χ3n) is 4.47. The van der Waals surface area contributed by atoms with Gasteiger partial charge in [0.05, 0.1) is 23.8 Å². The van der Waals surface area contributed by atoms with Crippen molar-refractivity contribution in [2.24, 2.45) is 0 Å². The van der Waals surface area contributed by atoms with E-state index in [-0.39, 0.29) is 11.6 Å². The van der Waals surface area contributed by atoms with Crippen LogP contribution in [-0.4, -0.2) is 40.4 Å². The van der Waals surface area contributed by atoms with Crippen LogP contribution < -0.4 is 10.6 Å². The summed E-state index contributed by atoms with van der Waals surface area (Å²) in [6.07, 6.45) is 0.727. The van der Waals surface area contributed by atoms with Gasteiger partial charge in [-0.3, -0.25) is 4.79 Å². The summed E-state index contributed by atoms with van der Waals surface area (Å²) in [5.41, 5.74) is 0.799. The van der Waals surface area contributed by atoms with Gasteiger partial charge < -0.3 is 20.8 Å². The summed E-state index contributed by atoms with van der Waals surface area (Å²) in [6.45, 7) is 1.86. The van der Waals surface area contributed by atoms with Crippen LogP contribution in [0.2, 0.25) is 5.02 Å². The molecule has 0 radical (unpaired) electrons. The molecule has 3 aromatic rings. The minimum atomic E-state index is -0.946. The molecule has 0 saturated heterocycles. The van der Waals surface area contributed by atoms with Crippen LogP contribution in [0.3, 0.4) is 0 Å². The number of pyridine rings is 1. The van der Waals surface area contributed by atoms with E-state index in [9.17, 15) is 14.3 Å². The average molecular weight is 418 g/mol. The van der Waals surface area contributed by atoms with Gasteiger partial charge in [0.15, 0.2) is 0 Å².